The average molecular weight is 425 g/mol. The van der Waals surface area contributed by atoms with Gasteiger partial charge in [0.1, 0.15) is 29.0 Å². The summed E-state index contributed by atoms with van der Waals surface area (Å²) in [7, 11) is 0. The first-order valence-corrected chi connectivity index (χ1v) is 10.4. The van der Waals surface area contributed by atoms with Gasteiger partial charge in [-0.05, 0) is 79.7 Å². The second kappa shape index (κ2) is 10.2. The van der Waals surface area contributed by atoms with Gasteiger partial charge in [-0.25, -0.2) is 0 Å². The summed E-state index contributed by atoms with van der Waals surface area (Å²) in [6, 6.07) is 33.5. The minimum atomic E-state index is -0.420. The molecule has 0 heterocycles. The van der Waals surface area contributed by atoms with E-state index in [1.165, 1.54) is 0 Å². The van der Waals surface area contributed by atoms with Crippen LogP contribution in [0, 0.1) is 0 Å². The molecule has 0 bridgehead atoms. The van der Waals surface area contributed by atoms with E-state index in [-0.39, 0.29) is 5.91 Å². The highest BCUT2D eigenvalue weighted by Crippen LogP contribution is 2.24. The minimum Gasteiger partial charge on any atom is -0.457 e. The van der Waals surface area contributed by atoms with Crippen molar-refractivity contribution in [3.8, 4) is 23.0 Å². The Morgan fingerprint density at radius 1 is 0.594 bits per heavy atom. The number of hydrogen-bond acceptors (Lipinski definition) is 4. The highest BCUT2D eigenvalue weighted by atomic mass is 16.5. The number of nitrogens with one attached hydrogen (secondary N) is 2. The first kappa shape index (κ1) is 21.0. The van der Waals surface area contributed by atoms with Gasteiger partial charge in [0.05, 0.1) is 0 Å². The molecule has 4 aromatic carbocycles. The van der Waals surface area contributed by atoms with E-state index in [9.17, 15) is 4.79 Å². The third-order valence-electron chi connectivity index (χ3n) is 4.71. The van der Waals surface area contributed by atoms with E-state index < -0.39 is 6.04 Å². The van der Waals surface area contributed by atoms with Gasteiger partial charge in [0, 0.05) is 11.4 Å². The summed E-state index contributed by atoms with van der Waals surface area (Å²) in [5.41, 5.74) is 1.54. The largest absolute Gasteiger partial charge is 0.457 e. The number of para-hydroxylation sites is 2. The van der Waals surface area contributed by atoms with E-state index in [1.807, 2.05) is 116 Å². The molecule has 0 fully saturated rings. The maximum absolute atomic E-state index is 12.6. The van der Waals surface area contributed by atoms with Crippen molar-refractivity contribution in [2.75, 3.05) is 10.6 Å². The van der Waals surface area contributed by atoms with Gasteiger partial charge in [0.15, 0.2) is 0 Å². The van der Waals surface area contributed by atoms with Crippen molar-refractivity contribution in [2.24, 2.45) is 0 Å². The Kier molecular flexibility index (Phi) is 6.68. The summed E-state index contributed by atoms with van der Waals surface area (Å²) in [6.45, 7) is 1.82. The molecule has 160 valence electrons. The Morgan fingerprint density at radius 2 is 1.00 bits per heavy atom. The van der Waals surface area contributed by atoms with Crippen LogP contribution in [0.2, 0.25) is 0 Å². The number of carbonyl (C=O) groups is 1. The smallest absolute Gasteiger partial charge is 0.246 e. The standard InChI is InChI=1S/C27H24N2O3/c1-20(28-21-12-16-25(17-13-21)31-23-8-4-2-5-9-23)27(30)29-22-14-18-26(19-15-22)32-24-10-6-3-7-11-24/h2-20,28H,1H3,(H,29,30)/t20-/m1/s1. The van der Waals surface area contributed by atoms with E-state index in [2.05, 4.69) is 10.6 Å². The maximum Gasteiger partial charge on any atom is 0.246 e. The van der Waals surface area contributed by atoms with Gasteiger partial charge < -0.3 is 20.1 Å². The molecule has 0 unspecified atom stereocenters. The summed E-state index contributed by atoms with van der Waals surface area (Å²) in [5.74, 6) is 2.85. The Bertz CT molecular complexity index is 1130. The number of amides is 1. The highest BCUT2D eigenvalue weighted by Gasteiger charge is 2.13. The van der Waals surface area contributed by atoms with Crippen LogP contribution in [0.5, 0.6) is 23.0 Å². The zero-order valence-electron chi connectivity index (χ0n) is 17.7. The van der Waals surface area contributed by atoms with Crippen molar-refractivity contribution in [3.05, 3.63) is 109 Å². The predicted octanol–water partition coefficient (Wildman–Crippen LogP) is 6.71. The lowest BCUT2D eigenvalue weighted by Gasteiger charge is -2.16. The lowest BCUT2D eigenvalue weighted by molar-refractivity contribution is -0.116. The molecular formula is C27H24N2O3. The Labute approximate surface area is 187 Å². The number of carbonyl (C=O) groups excluding carboxylic acids is 1. The van der Waals surface area contributed by atoms with Crippen LogP contribution in [0.1, 0.15) is 6.92 Å². The summed E-state index contributed by atoms with van der Waals surface area (Å²) < 4.78 is 11.6. The van der Waals surface area contributed by atoms with Crippen LogP contribution in [-0.4, -0.2) is 11.9 Å². The van der Waals surface area contributed by atoms with E-state index in [4.69, 9.17) is 9.47 Å². The molecule has 0 aliphatic rings. The van der Waals surface area contributed by atoms with Crippen molar-refractivity contribution < 1.29 is 14.3 Å². The monoisotopic (exact) mass is 424 g/mol. The molecule has 4 aromatic rings. The number of hydrogen-bond donors (Lipinski definition) is 2. The van der Waals surface area contributed by atoms with Gasteiger partial charge >= 0.3 is 0 Å². The molecular weight excluding hydrogens is 400 g/mol. The first-order valence-electron chi connectivity index (χ1n) is 10.4. The zero-order chi connectivity index (χ0) is 22.2. The summed E-state index contributed by atoms with van der Waals surface area (Å²) in [5, 5.41) is 6.12. The normalized spacial score (nSPS) is 11.3. The van der Waals surface area contributed by atoms with Crippen LogP contribution in [0.25, 0.3) is 0 Å². The minimum absolute atomic E-state index is 0.133. The molecule has 2 N–H and O–H groups in total. The summed E-state index contributed by atoms with van der Waals surface area (Å²) >= 11 is 0. The van der Waals surface area contributed by atoms with Gasteiger partial charge in [-0.1, -0.05) is 36.4 Å². The molecule has 1 atom stereocenters. The molecule has 0 aliphatic heterocycles. The zero-order valence-corrected chi connectivity index (χ0v) is 17.7. The van der Waals surface area contributed by atoms with Crippen LogP contribution in [-0.2, 0) is 4.79 Å². The molecule has 1 amide bonds. The Balaban J connectivity index is 1.29. The lowest BCUT2D eigenvalue weighted by Crippen LogP contribution is -2.31. The molecule has 0 spiro atoms. The van der Waals surface area contributed by atoms with E-state index in [0.717, 1.165) is 22.9 Å². The van der Waals surface area contributed by atoms with Gasteiger partial charge in [-0.2, -0.15) is 0 Å². The Hall–Kier alpha value is -4.25. The van der Waals surface area contributed by atoms with Crippen molar-refractivity contribution in [1.29, 1.82) is 0 Å². The van der Waals surface area contributed by atoms with Crippen molar-refractivity contribution in [1.82, 2.24) is 0 Å². The number of rotatable bonds is 8. The highest BCUT2D eigenvalue weighted by molar-refractivity contribution is 5.96. The topological polar surface area (TPSA) is 59.6 Å². The number of anilines is 2. The van der Waals surface area contributed by atoms with Gasteiger partial charge in [0.2, 0.25) is 5.91 Å². The number of benzene rings is 4. The SMILES string of the molecule is C[C@@H](Nc1ccc(Oc2ccccc2)cc1)C(=O)Nc1ccc(Oc2ccccc2)cc1. The molecule has 5 heteroatoms. The van der Waals surface area contributed by atoms with E-state index >= 15 is 0 Å². The third kappa shape index (κ3) is 5.89. The molecule has 4 rings (SSSR count). The summed E-state index contributed by atoms with van der Waals surface area (Å²) in [6.07, 6.45) is 0. The third-order valence-corrected chi connectivity index (χ3v) is 4.71. The molecule has 0 radical (unpaired) electrons. The van der Waals surface area contributed by atoms with E-state index in [0.29, 0.717) is 11.4 Å². The Morgan fingerprint density at radius 3 is 1.47 bits per heavy atom. The molecule has 0 aromatic heterocycles. The van der Waals surface area contributed by atoms with Crippen LogP contribution < -0.4 is 20.1 Å². The van der Waals surface area contributed by atoms with Crippen molar-refractivity contribution >= 4 is 17.3 Å². The summed E-state index contributed by atoms with van der Waals surface area (Å²) in [4.78, 5) is 12.6. The molecule has 0 saturated heterocycles. The average Bonchev–Trinajstić information content (AvgIpc) is 2.83. The fraction of sp³-hybridized carbons (Fsp3) is 0.0741. The van der Waals surface area contributed by atoms with Crippen LogP contribution in [0.3, 0.4) is 0 Å². The predicted molar refractivity (Wildman–Crippen MR) is 128 cm³/mol. The lowest BCUT2D eigenvalue weighted by atomic mass is 10.2. The molecule has 32 heavy (non-hydrogen) atoms. The second-order valence-electron chi connectivity index (χ2n) is 7.23. The molecule has 0 aliphatic carbocycles. The van der Waals surface area contributed by atoms with Crippen molar-refractivity contribution in [3.63, 3.8) is 0 Å². The maximum atomic E-state index is 12.6. The molecule has 5 nitrogen and oxygen atoms in total. The van der Waals surface area contributed by atoms with Gasteiger partial charge in [-0.3, -0.25) is 4.79 Å². The van der Waals surface area contributed by atoms with Gasteiger partial charge in [-0.15, -0.1) is 0 Å². The van der Waals surface area contributed by atoms with E-state index in [1.54, 1.807) is 0 Å². The fourth-order valence-corrected chi connectivity index (χ4v) is 3.04. The van der Waals surface area contributed by atoms with Crippen LogP contribution >= 0.6 is 0 Å². The fourth-order valence-electron chi connectivity index (χ4n) is 3.04. The van der Waals surface area contributed by atoms with Crippen molar-refractivity contribution in [2.45, 2.75) is 13.0 Å². The van der Waals surface area contributed by atoms with Gasteiger partial charge in [0.25, 0.3) is 0 Å². The number of ether oxygens (including phenoxy) is 2. The second-order valence-corrected chi connectivity index (χ2v) is 7.23. The van der Waals surface area contributed by atoms with Crippen LogP contribution in [0.15, 0.2) is 109 Å². The first-order chi connectivity index (χ1) is 15.7. The van der Waals surface area contributed by atoms with Crippen LogP contribution in [0.4, 0.5) is 11.4 Å². The molecule has 0 saturated carbocycles. The quantitative estimate of drug-likeness (QED) is 0.330.